The van der Waals surface area contributed by atoms with Crippen LogP contribution in [0.3, 0.4) is 0 Å². The molecule has 0 radical (unpaired) electrons. The summed E-state index contributed by atoms with van der Waals surface area (Å²) < 4.78 is 5.40. The van der Waals surface area contributed by atoms with Crippen LogP contribution in [-0.4, -0.2) is 30.1 Å². The average molecular weight is 463 g/mol. The number of carbonyl (C=O) groups is 1. The summed E-state index contributed by atoms with van der Waals surface area (Å²) in [5.74, 6) is 0.515. The normalized spacial score (nSPS) is 16.4. The first-order valence-corrected chi connectivity index (χ1v) is 12.1. The number of hydrogen-bond donors (Lipinski definition) is 1. The summed E-state index contributed by atoms with van der Waals surface area (Å²) in [4.78, 5) is 14.7. The van der Waals surface area contributed by atoms with Crippen LogP contribution in [0, 0.1) is 0 Å². The molecule has 1 fully saturated rings. The molecule has 1 aliphatic rings. The van der Waals surface area contributed by atoms with Gasteiger partial charge in [0.1, 0.15) is 5.75 Å². The minimum atomic E-state index is -0.440. The molecule has 4 nitrogen and oxygen atoms in total. The van der Waals surface area contributed by atoms with E-state index in [0.717, 1.165) is 24.1 Å². The van der Waals surface area contributed by atoms with E-state index < -0.39 is 6.09 Å². The molecule has 1 N–H and O–H groups in total. The first-order chi connectivity index (χ1) is 16.1. The molecule has 1 amide bonds. The fourth-order valence-corrected chi connectivity index (χ4v) is 4.37. The van der Waals surface area contributed by atoms with E-state index in [0.29, 0.717) is 23.4 Å². The van der Waals surface area contributed by atoms with Gasteiger partial charge in [-0.15, -0.1) is 0 Å². The molecule has 3 aromatic carbocycles. The molecule has 0 aromatic heterocycles. The van der Waals surface area contributed by atoms with Crippen LogP contribution in [0.15, 0.2) is 72.8 Å². The minimum Gasteiger partial charge on any atom is -0.410 e. The number of likely N-dealkylation sites (tertiary alicyclic amines) is 1. The van der Waals surface area contributed by atoms with Crippen molar-refractivity contribution in [1.82, 2.24) is 10.2 Å². The largest absolute Gasteiger partial charge is 0.412 e. The molecule has 4 rings (SSSR count). The number of hydrogen-bond acceptors (Lipinski definition) is 3. The first kappa shape index (κ1) is 23.3. The third-order valence-corrected chi connectivity index (χ3v) is 6.53. The minimum absolute atomic E-state index is 0.440. The molecule has 172 valence electrons. The van der Waals surface area contributed by atoms with Crippen molar-refractivity contribution in [3.05, 3.63) is 88.9 Å². The number of ether oxygens (including phenoxy) is 1. The molecule has 0 spiro atoms. The predicted molar refractivity (Wildman–Crippen MR) is 135 cm³/mol. The van der Waals surface area contributed by atoms with Crippen LogP contribution in [0.25, 0.3) is 11.1 Å². The fraction of sp³-hybridized carbons (Fsp3) is 0.321. The Balaban J connectivity index is 1.20. The maximum atomic E-state index is 12.1. The summed E-state index contributed by atoms with van der Waals surface area (Å²) in [5.41, 5.74) is 4.66. The molecule has 0 saturated carbocycles. The van der Waals surface area contributed by atoms with Crippen molar-refractivity contribution >= 4 is 17.7 Å². The Morgan fingerprint density at radius 3 is 2.24 bits per heavy atom. The van der Waals surface area contributed by atoms with Crippen molar-refractivity contribution in [2.24, 2.45) is 0 Å². The molecular weight excluding hydrogens is 432 g/mol. The Morgan fingerprint density at radius 2 is 1.58 bits per heavy atom. The summed E-state index contributed by atoms with van der Waals surface area (Å²) in [5, 5.41) is 3.54. The first-order valence-electron chi connectivity index (χ1n) is 11.7. The highest BCUT2D eigenvalue weighted by atomic mass is 35.5. The average Bonchev–Trinajstić information content (AvgIpc) is 2.83. The van der Waals surface area contributed by atoms with Gasteiger partial charge in [-0.3, -0.25) is 4.90 Å². The van der Waals surface area contributed by atoms with E-state index in [9.17, 15) is 4.79 Å². The number of carbonyl (C=O) groups excluding carboxylic acids is 1. The van der Waals surface area contributed by atoms with Crippen molar-refractivity contribution < 1.29 is 9.53 Å². The van der Waals surface area contributed by atoms with Gasteiger partial charge in [-0.1, -0.05) is 66.6 Å². The molecule has 3 aromatic rings. The van der Waals surface area contributed by atoms with E-state index in [1.807, 2.05) is 36.4 Å². The molecule has 5 heteroatoms. The lowest BCUT2D eigenvalue weighted by Crippen LogP contribution is -2.36. The number of piperidine rings is 1. The van der Waals surface area contributed by atoms with E-state index in [4.69, 9.17) is 16.3 Å². The van der Waals surface area contributed by atoms with Gasteiger partial charge >= 0.3 is 6.09 Å². The number of nitrogens with one attached hydrogen (secondary N) is 1. The van der Waals surface area contributed by atoms with Crippen LogP contribution < -0.4 is 10.1 Å². The lowest BCUT2D eigenvalue weighted by molar-refractivity contribution is 0.152. The fourth-order valence-electron chi connectivity index (χ4n) is 4.25. The molecule has 1 atom stereocenters. The lowest BCUT2D eigenvalue weighted by atomic mass is 10.0. The van der Waals surface area contributed by atoms with Gasteiger partial charge in [0.25, 0.3) is 0 Å². The summed E-state index contributed by atoms with van der Waals surface area (Å²) >= 11 is 5.94. The Bertz CT molecular complexity index is 1030. The van der Waals surface area contributed by atoms with Gasteiger partial charge in [0, 0.05) is 24.2 Å². The van der Waals surface area contributed by atoms with Crippen LogP contribution in [0.1, 0.15) is 37.3 Å². The molecule has 0 aliphatic carbocycles. The number of halogens is 1. The van der Waals surface area contributed by atoms with Crippen LogP contribution in [0.4, 0.5) is 4.79 Å². The highest BCUT2D eigenvalue weighted by Crippen LogP contribution is 2.24. The third kappa shape index (κ3) is 6.83. The summed E-state index contributed by atoms with van der Waals surface area (Å²) in [6, 6.07) is 24.5. The van der Waals surface area contributed by atoms with Crippen LogP contribution >= 0.6 is 11.6 Å². The van der Waals surface area contributed by atoms with Gasteiger partial charge in [-0.2, -0.15) is 0 Å². The van der Waals surface area contributed by atoms with Crippen LogP contribution in [0.5, 0.6) is 5.75 Å². The Kier molecular flexibility index (Phi) is 8.03. The maximum absolute atomic E-state index is 12.1. The number of rotatable bonds is 7. The zero-order chi connectivity index (χ0) is 23.0. The van der Waals surface area contributed by atoms with E-state index in [2.05, 4.69) is 41.4 Å². The van der Waals surface area contributed by atoms with Gasteiger partial charge in [-0.05, 0) is 79.3 Å². The molecule has 33 heavy (non-hydrogen) atoms. The Labute approximate surface area is 201 Å². The number of amides is 1. The van der Waals surface area contributed by atoms with Crippen molar-refractivity contribution in [1.29, 1.82) is 0 Å². The molecule has 0 bridgehead atoms. The zero-order valence-corrected chi connectivity index (χ0v) is 19.9. The zero-order valence-electron chi connectivity index (χ0n) is 19.1. The summed E-state index contributed by atoms with van der Waals surface area (Å²) in [7, 11) is 0. The molecular formula is C28H31ClN2O2. The van der Waals surface area contributed by atoms with Crippen molar-refractivity contribution in [2.45, 2.75) is 45.2 Å². The van der Waals surface area contributed by atoms with Crippen molar-refractivity contribution in [2.75, 3.05) is 13.1 Å². The second kappa shape index (κ2) is 11.4. The van der Waals surface area contributed by atoms with Crippen molar-refractivity contribution in [3.63, 3.8) is 0 Å². The molecule has 1 aliphatic heterocycles. The second-order valence-electron chi connectivity index (χ2n) is 8.73. The monoisotopic (exact) mass is 462 g/mol. The third-order valence-electron chi connectivity index (χ3n) is 6.27. The topological polar surface area (TPSA) is 41.6 Å². The van der Waals surface area contributed by atoms with Crippen LogP contribution in [0.2, 0.25) is 5.02 Å². The van der Waals surface area contributed by atoms with Gasteiger partial charge in [0.15, 0.2) is 0 Å². The lowest BCUT2D eigenvalue weighted by Gasteiger charge is -2.33. The highest BCUT2D eigenvalue weighted by molar-refractivity contribution is 6.30. The standard InChI is InChI=1S/C28H31ClN2O2/c1-21-4-2-3-19-31(21)20-23-7-5-22(6-8-23)17-18-30-28(32)33-27-15-11-25(12-16-27)24-9-13-26(29)14-10-24/h5-16,21H,2-4,17-20H2,1H3,(H,30,32). The predicted octanol–water partition coefficient (Wildman–Crippen LogP) is 6.71. The SMILES string of the molecule is CC1CCCCN1Cc1ccc(CCNC(=O)Oc2ccc(-c3ccc(Cl)cc3)cc2)cc1. The summed E-state index contributed by atoms with van der Waals surface area (Å²) in [6.45, 7) is 5.07. The van der Waals surface area contributed by atoms with E-state index >= 15 is 0 Å². The Morgan fingerprint density at radius 1 is 0.939 bits per heavy atom. The quantitative estimate of drug-likeness (QED) is 0.424. The van der Waals surface area contributed by atoms with Crippen LogP contribution in [-0.2, 0) is 13.0 Å². The van der Waals surface area contributed by atoms with Gasteiger partial charge in [0.2, 0.25) is 0 Å². The van der Waals surface area contributed by atoms with Crippen molar-refractivity contribution in [3.8, 4) is 16.9 Å². The number of nitrogens with zero attached hydrogens (tertiary/aromatic N) is 1. The van der Waals surface area contributed by atoms with E-state index in [-0.39, 0.29) is 0 Å². The smallest absolute Gasteiger partial charge is 0.410 e. The van der Waals surface area contributed by atoms with Gasteiger partial charge in [0.05, 0.1) is 0 Å². The van der Waals surface area contributed by atoms with Gasteiger partial charge in [-0.25, -0.2) is 4.79 Å². The molecule has 1 heterocycles. The van der Waals surface area contributed by atoms with E-state index in [1.165, 1.54) is 36.9 Å². The maximum Gasteiger partial charge on any atom is 0.412 e. The molecule has 1 unspecified atom stereocenters. The highest BCUT2D eigenvalue weighted by Gasteiger charge is 2.17. The summed E-state index contributed by atoms with van der Waals surface area (Å²) in [6.07, 6.45) is 4.28. The second-order valence-corrected chi connectivity index (χ2v) is 9.17. The molecule has 1 saturated heterocycles. The number of benzene rings is 3. The Hall–Kier alpha value is -2.82. The van der Waals surface area contributed by atoms with Gasteiger partial charge < -0.3 is 10.1 Å². The van der Waals surface area contributed by atoms with E-state index in [1.54, 1.807) is 12.1 Å².